The Morgan fingerprint density at radius 2 is 2.06 bits per heavy atom. The van der Waals surface area contributed by atoms with Crippen molar-refractivity contribution in [3.8, 4) is 5.75 Å². The number of methoxy groups -OCH3 is 1. The van der Waals surface area contributed by atoms with Crippen LogP contribution in [0.15, 0.2) is 18.2 Å². The summed E-state index contributed by atoms with van der Waals surface area (Å²) >= 11 is 0. The Kier molecular flexibility index (Phi) is 4.16. The standard InChI is InChI=1S/C12H16FNO.ClH/c1-14-12(6-3-7-12)9-4-5-11(15-2)10(13)8-9;/h4-5,8,14H,3,6-7H2,1-2H3;1H. The Labute approximate surface area is 102 Å². The van der Waals surface area contributed by atoms with Crippen LogP contribution in [0.3, 0.4) is 0 Å². The van der Waals surface area contributed by atoms with E-state index in [1.807, 2.05) is 13.1 Å². The van der Waals surface area contributed by atoms with Crippen LogP contribution < -0.4 is 10.1 Å². The average Bonchev–Trinajstić information content (AvgIpc) is 2.17. The van der Waals surface area contributed by atoms with Gasteiger partial charge in [-0.3, -0.25) is 0 Å². The molecule has 0 bridgehead atoms. The van der Waals surface area contributed by atoms with Gasteiger partial charge in [0.15, 0.2) is 11.6 Å². The van der Waals surface area contributed by atoms with E-state index >= 15 is 0 Å². The van der Waals surface area contributed by atoms with E-state index in [1.165, 1.54) is 13.5 Å². The first-order valence-electron chi connectivity index (χ1n) is 5.25. The normalized spacial score (nSPS) is 17.2. The second kappa shape index (κ2) is 5.02. The van der Waals surface area contributed by atoms with Gasteiger partial charge in [-0.05, 0) is 44.0 Å². The summed E-state index contributed by atoms with van der Waals surface area (Å²) in [6.45, 7) is 0. The highest BCUT2D eigenvalue weighted by molar-refractivity contribution is 5.85. The van der Waals surface area contributed by atoms with Crippen molar-refractivity contribution >= 4 is 12.4 Å². The first-order chi connectivity index (χ1) is 7.22. The minimum absolute atomic E-state index is 0. The smallest absolute Gasteiger partial charge is 0.165 e. The maximum atomic E-state index is 13.5. The summed E-state index contributed by atoms with van der Waals surface area (Å²) in [6.07, 6.45) is 3.36. The summed E-state index contributed by atoms with van der Waals surface area (Å²) in [4.78, 5) is 0. The zero-order chi connectivity index (χ0) is 10.9. The molecule has 2 nitrogen and oxygen atoms in total. The lowest BCUT2D eigenvalue weighted by atomic mass is 9.72. The second-order valence-electron chi connectivity index (χ2n) is 4.03. The van der Waals surface area contributed by atoms with E-state index in [0.29, 0.717) is 5.75 Å². The molecule has 1 aliphatic rings. The molecule has 2 rings (SSSR count). The molecule has 16 heavy (non-hydrogen) atoms. The predicted octanol–water partition coefficient (Wildman–Crippen LogP) is 2.85. The molecule has 0 unspecified atom stereocenters. The van der Waals surface area contributed by atoms with Crippen LogP contribution in [0.25, 0.3) is 0 Å². The van der Waals surface area contributed by atoms with E-state index in [4.69, 9.17) is 4.74 Å². The lowest BCUT2D eigenvalue weighted by Gasteiger charge is -2.42. The Bertz CT molecular complexity index is 361. The van der Waals surface area contributed by atoms with Gasteiger partial charge >= 0.3 is 0 Å². The Balaban J connectivity index is 0.00000128. The number of nitrogens with one attached hydrogen (secondary N) is 1. The summed E-state index contributed by atoms with van der Waals surface area (Å²) in [7, 11) is 3.41. The summed E-state index contributed by atoms with van der Waals surface area (Å²) in [6, 6.07) is 5.22. The third-order valence-corrected chi connectivity index (χ3v) is 3.39. The Hall–Kier alpha value is -0.800. The van der Waals surface area contributed by atoms with Crippen molar-refractivity contribution in [1.29, 1.82) is 0 Å². The second-order valence-corrected chi connectivity index (χ2v) is 4.03. The van der Waals surface area contributed by atoms with Gasteiger partial charge < -0.3 is 10.1 Å². The third-order valence-electron chi connectivity index (χ3n) is 3.39. The maximum absolute atomic E-state index is 13.5. The zero-order valence-corrected chi connectivity index (χ0v) is 10.4. The summed E-state index contributed by atoms with van der Waals surface area (Å²) in [5.41, 5.74) is 1.02. The summed E-state index contributed by atoms with van der Waals surface area (Å²) < 4.78 is 18.4. The fraction of sp³-hybridized carbons (Fsp3) is 0.500. The SMILES string of the molecule is CNC1(c2ccc(OC)c(F)c2)CCC1.Cl. The van der Waals surface area contributed by atoms with E-state index in [-0.39, 0.29) is 23.8 Å². The molecule has 1 aliphatic carbocycles. The van der Waals surface area contributed by atoms with Crippen LogP contribution in [0.2, 0.25) is 0 Å². The highest BCUT2D eigenvalue weighted by Gasteiger charge is 2.37. The number of rotatable bonds is 3. The van der Waals surface area contributed by atoms with Crippen molar-refractivity contribution in [2.45, 2.75) is 24.8 Å². The van der Waals surface area contributed by atoms with Crippen LogP contribution in [0, 0.1) is 5.82 Å². The number of hydrogen-bond donors (Lipinski definition) is 1. The van der Waals surface area contributed by atoms with Gasteiger partial charge in [0, 0.05) is 5.54 Å². The molecule has 1 aromatic rings. The van der Waals surface area contributed by atoms with Gasteiger partial charge in [-0.25, -0.2) is 4.39 Å². The van der Waals surface area contributed by atoms with Crippen LogP contribution >= 0.6 is 12.4 Å². The monoisotopic (exact) mass is 245 g/mol. The molecular weight excluding hydrogens is 229 g/mol. The number of hydrogen-bond acceptors (Lipinski definition) is 2. The zero-order valence-electron chi connectivity index (χ0n) is 9.55. The van der Waals surface area contributed by atoms with Crippen molar-refractivity contribution in [2.24, 2.45) is 0 Å². The highest BCUT2D eigenvalue weighted by atomic mass is 35.5. The predicted molar refractivity (Wildman–Crippen MR) is 64.8 cm³/mol. The van der Waals surface area contributed by atoms with E-state index in [1.54, 1.807) is 12.1 Å². The van der Waals surface area contributed by atoms with Gasteiger partial charge in [-0.1, -0.05) is 6.07 Å². The fourth-order valence-corrected chi connectivity index (χ4v) is 2.18. The van der Waals surface area contributed by atoms with Crippen molar-refractivity contribution < 1.29 is 9.13 Å². The summed E-state index contributed by atoms with van der Waals surface area (Å²) in [5, 5.41) is 3.29. The van der Waals surface area contributed by atoms with Gasteiger partial charge in [0.1, 0.15) is 0 Å². The lowest BCUT2D eigenvalue weighted by Crippen LogP contribution is -2.46. The minimum atomic E-state index is -0.281. The Morgan fingerprint density at radius 1 is 1.38 bits per heavy atom. The first-order valence-corrected chi connectivity index (χ1v) is 5.25. The van der Waals surface area contributed by atoms with Crippen LogP contribution in [-0.4, -0.2) is 14.2 Å². The lowest BCUT2D eigenvalue weighted by molar-refractivity contribution is 0.200. The van der Waals surface area contributed by atoms with Crippen molar-refractivity contribution in [3.63, 3.8) is 0 Å². The topological polar surface area (TPSA) is 21.3 Å². The molecule has 4 heteroatoms. The molecule has 0 heterocycles. The van der Waals surface area contributed by atoms with E-state index < -0.39 is 0 Å². The quantitative estimate of drug-likeness (QED) is 0.884. The fourth-order valence-electron chi connectivity index (χ4n) is 2.18. The van der Waals surface area contributed by atoms with Gasteiger partial charge in [0.25, 0.3) is 0 Å². The maximum Gasteiger partial charge on any atom is 0.165 e. The molecule has 1 fully saturated rings. The molecule has 0 aromatic heterocycles. The molecular formula is C12H17ClFNO. The first kappa shape index (κ1) is 13.3. The molecule has 0 atom stereocenters. The van der Waals surface area contributed by atoms with Crippen LogP contribution in [0.5, 0.6) is 5.75 Å². The van der Waals surface area contributed by atoms with Gasteiger partial charge in [0.05, 0.1) is 7.11 Å². The molecule has 0 spiro atoms. The number of ether oxygens (including phenoxy) is 1. The molecule has 0 amide bonds. The van der Waals surface area contributed by atoms with E-state index in [2.05, 4.69) is 5.32 Å². The van der Waals surface area contributed by atoms with Gasteiger partial charge in [-0.15, -0.1) is 12.4 Å². The van der Waals surface area contributed by atoms with Crippen LogP contribution in [-0.2, 0) is 5.54 Å². The molecule has 1 aromatic carbocycles. The summed E-state index contributed by atoms with van der Waals surface area (Å²) in [5.74, 6) is 0.0286. The van der Waals surface area contributed by atoms with Gasteiger partial charge in [-0.2, -0.15) is 0 Å². The molecule has 1 N–H and O–H groups in total. The van der Waals surface area contributed by atoms with Crippen LogP contribution in [0.4, 0.5) is 4.39 Å². The van der Waals surface area contributed by atoms with Crippen LogP contribution in [0.1, 0.15) is 24.8 Å². The number of halogens is 2. The van der Waals surface area contributed by atoms with Gasteiger partial charge in [0.2, 0.25) is 0 Å². The molecule has 1 saturated carbocycles. The molecule has 0 aliphatic heterocycles. The average molecular weight is 246 g/mol. The number of benzene rings is 1. The van der Waals surface area contributed by atoms with Crippen molar-refractivity contribution in [2.75, 3.05) is 14.2 Å². The van der Waals surface area contributed by atoms with E-state index in [9.17, 15) is 4.39 Å². The Morgan fingerprint density at radius 3 is 2.44 bits per heavy atom. The largest absolute Gasteiger partial charge is 0.494 e. The third kappa shape index (κ3) is 2.02. The molecule has 90 valence electrons. The molecule has 0 saturated heterocycles. The minimum Gasteiger partial charge on any atom is -0.494 e. The highest BCUT2D eigenvalue weighted by Crippen LogP contribution is 2.41. The van der Waals surface area contributed by atoms with E-state index in [0.717, 1.165) is 18.4 Å². The van der Waals surface area contributed by atoms with Crippen molar-refractivity contribution in [3.05, 3.63) is 29.6 Å². The molecule has 0 radical (unpaired) electrons. The van der Waals surface area contributed by atoms with Crippen molar-refractivity contribution in [1.82, 2.24) is 5.32 Å².